The highest BCUT2D eigenvalue weighted by Crippen LogP contribution is 2.32. The maximum atomic E-state index is 12.5. The lowest BCUT2D eigenvalue weighted by Gasteiger charge is -2.32. The standard InChI is InChI=1S/C20H22N2O5/c1-13-2-4-15(10-21-13)27-19-11-24-7-6-16(19)22-20(23)9-14-3-5-17-18(8-14)26-12-25-17/h2-5,8,10,16,19H,6-7,9,11-12H2,1H3,(H,22,23)/t16-,19+/m1/s1. The monoisotopic (exact) mass is 370 g/mol. The summed E-state index contributed by atoms with van der Waals surface area (Å²) >= 11 is 0. The van der Waals surface area contributed by atoms with Gasteiger partial charge < -0.3 is 24.3 Å². The van der Waals surface area contributed by atoms with Crippen molar-refractivity contribution >= 4 is 5.91 Å². The Morgan fingerprint density at radius 1 is 1.26 bits per heavy atom. The van der Waals surface area contributed by atoms with Crippen molar-refractivity contribution in [2.24, 2.45) is 0 Å². The van der Waals surface area contributed by atoms with Gasteiger partial charge in [0, 0.05) is 12.3 Å². The van der Waals surface area contributed by atoms with E-state index in [-0.39, 0.29) is 31.3 Å². The molecule has 1 aromatic carbocycles. The molecule has 1 N–H and O–H groups in total. The number of hydrogen-bond acceptors (Lipinski definition) is 6. The fourth-order valence-electron chi connectivity index (χ4n) is 3.19. The Labute approximate surface area is 157 Å². The highest BCUT2D eigenvalue weighted by Gasteiger charge is 2.29. The van der Waals surface area contributed by atoms with Crippen LogP contribution in [0.3, 0.4) is 0 Å². The molecule has 0 bridgehead atoms. The number of rotatable bonds is 5. The van der Waals surface area contributed by atoms with Gasteiger partial charge in [0.2, 0.25) is 12.7 Å². The Hall–Kier alpha value is -2.80. The van der Waals surface area contributed by atoms with Crippen molar-refractivity contribution < 1.29 is 23.7 Å². The molecule has 3 heterocycles. The number of hydrogen-bond donors (Lipinski definition) is 1. The first-order valence-corrected chi connectivity index (χ1v) is 9.02. The molecule has 2 aliphatic rings. The van der Waals surface area contributed by atoms with Gasteiger partial charge in [-0.3, -0.25) is 9.78 Å². The van der Waals surface area contributed by atoms with Crippen LogP contribution in [0.15, 0.2) is 36.5 Å². The molecule has 2 aliphatic heterocycles. The summed E-state index contributed by atoms with van der Waals surface area (Å²) in [5.41, 5.74) is 1.81. The Kier molecular flexibility index (Phi) is 5.11. The number of ether oxygens (including phenoxy) is 4. The molecule has 7 nitrogen and oxygen atoms in total. The first kappa shape index (κ1) is 17.6. The van der Waals surface area contributed by atoms with Crippen LogP contribution in [0, 0.1) is 6.92 Å². The maximum absolute atomic E-state index is 12.5. The van der Waals surface area contributed by atoms with E-state index in [0.717, 1.165) is 11.3 Å². The molecule has 27 heavy (non-hydrogen) atoms. The molecule has 1 amide bonds. The molecule has 7 heteroatoms. The van der Waals surface area contributed by atoms with Crippen LogP contribution in [0.4, 0.5) is 0 Å². The smallest absolute Gasteiger partial charge is 0.231 e. The van der Waals surface area contributed by atoms with Crippen molar-refractivity contribution in [1.82, 2.24) is 10.3 Å². The maximum Gasteiger partial charge on any atom is 0.231 e. The zero-order valence-corrected chi connectivity index (χ0v) is 15.1. The van der Waals surface area contributed by atoms with Gasteiger partial charge in [0.05, 0.1) is 25.3 Å². The summed E-state index contributed by atoms with van der Waals surface area (Å²) in [6.45, 7) is 3.18. The van der Waals surface area contributed by atoms with Crippen LogP contribution in [0.25, 0.3) is 0 Å². The van der Waals surface area contributed by atoms with Gasteiger partial charge in [-0.1, -0.05) is 6.07 Å². The second-order valence-electron chi connectivity index (χ2n) is 6.69. The van der Waals surface area contributed by atoms with Gasteiger partial charge in [-0.15, -0.1) is 0 Å². The molecule has 1 fully saturated rings. The minimum Gasteiger partial charge on any atom is -0.484 e. The molecule has 0 unspecified atom stereocenters. The van der Waals surface area contributed by atoms with Crippen molar-refractivity contribution in [3.8, 4) is 17.2 Å². The first-order chi connectivity index (χ1) is 13.2. The number of nitrogens with one attached hydrogen (secondary N) is 1. The number of nitrogens with zero attached hydrogens (tertiary/aromatic N) is 1. The summed E-state index contributed by atoms with van der Waals surface area (Å²) in [5, 5.41) is 3.08. The average Bonchev–Trinajstić information content (AvgIpc) is 3.13. The lowest BCUT2D eigenvalue weighted by atomic mass is 10.0. The molecule has 0 aliphatic carbocycles. The van der Waals surface area contributed by atoms with E-state index in [2.05, 4.69) is 10.3 Å². The van der Waals surface area contributed by atoms with E-state index < -0.39 is 0 Å². The Balaban J connectivity index is 1.37. The van der Waals surface area contributed by atoms with Crippen LogP contribution in [0.1, 0.15) is 17.7 Å². The fourth-order valence-corrected chi connectivity index (χ4v) is 3.19. The molecule has 1 aromatic heterocycles. The summed E-state index contributed by atoms with van der Waals surface area (Å²) in [4.78, 5) is 16.8. The molecular formula is C20H22N2O5. The summed E-state index contributed by atoms with van der Waals surface area (Å²) < 4.78 is 22.2. The van der Waals surface area contributed by atoms with Crippen LogP contribution < -0.4 is 19.5 Å². The van der Waals surface area contributed by atoms with Crippen molar-refractivity contribution in [3.05, 3.63) is 47.8 Å². The second-order valence-corrected chi connectivity index (χ2v) is 6.69. The third kappa shape index (κ3) is 4.31. The van der Waals surface area contributed by atoms with Gasteiger partial charge in [-0.2, -0.15) is 0 Å². The van der Waals surface area contributed by atoms with Crippen molar-refractivity contribution in [3.63, 3.8) is 0 Å². The van der Waals surface area contributed by atoms with E-state index in [1.165, 1.54) is 0 Å². The molecule has 0 saturated carbocycles. The molecular weight excluding hydrogens is 348 g/mol. The Morgan fingerprint density at radius 3 is 3.00 bits per heavy atom. The Morgan fingerprint density at radius 2 is 2.15 bits per heavy atom. The number of carbonyl (C=O) groups is 1. The number of aromatic nitrogens is 1. The Bertz CT molecular complexity index is 809. The highest BCUT2D eigenvalue weighted by atomic mass is 16.7. The summed E-state index contributed by atoms with van der Waals surface area (Å²) in [7, 11) is 0. The van der Waals surface area contributed by atoms with Gasteiger partial charge in [0.25, 0.3) is 0 Å². The predicted molar refractivity (Wildman–Crippen MR) is 97.0 cm³/mol. The van der Waals surface area contributed by atoms with Crippen LogP contribution in [0.2, 0.25) is 0 Å². The number of fused-ring (bicyclic) bond motifs is 1. The van der Waals surface area contributed by atoms with Crippen LogP contribution in [0.5, 0.6) is 17.2 Å². The molecule has 2 aromatic rings. The van der Waals surface area contributed by atoms with E-state index in [9.17, 15) is 4.79 Å². The van der Waals surface area contributed by atoms with Gasteiger partial charge in [-0.05, 0) is 43.2 Å². The SMILES string of the molecule is Cc1ccc(O[C@H]2COCC[C@H]2NC(=O)Cc2ccc3c(c2)OCO3)cn1. The quantitative estimate of drug-likeness (QED) is 0.867. The number of pyridine rings is 1. The van der Waals surface area contributed by atoms with E-state index >= 15 is 0 Å². The van der Waals surface area contributed by atoms with Crippen LogP contribution in [-0.2, 0) is 16.0 Å². The molecule has 0 spiro atoms. The second kappa shape index (κ2) is 7.84. The fraction of sp³-hybridized carbons (Fsp3) is 0.400. The lowest BCUT2D eigenvalue weighted by molar-refractivity contribution is -0.123. The lowest BCUT2D eigenvalue weighted by Crippen LogP contribution is -2.51. The van der Waals surface area contributed by atoms with Crippen LogP contribution >= 0.6 is 0 Å². The zero-order chi connectivity index (χ0) is 18.6. The van der Waals surface area contributed by atoms with E-state index in [1.54, 1.807) is 6.20 Å². The predicted octanol–water partition coefficient (Wildman–Crippen LogP) is 2.01. The summed E-state index contributed by atoms with van der Waals surface area (Å²) in [5.74, 6) is 2.01. The normalized spacial score (nSPS) is 20.9. The summed E-state index contributed by atoms with van der Waals surface area (Å²) in [6, 6.07) is 9.21. The van der Waals surface area contributed by atoms with E-state index in [0.29, 0.717) is 36.9 Å². The minimum atomic E-state index is -0.246. The van der Waals surface area contributed by atoms with Crippen molar-refractivity contribution in [2.45, 2.75) is 31.9 Å². The number of carbonyl (C=O) groups excluding carboxylic acids is 1. The summed E-state index contributed by atoms with van der Waals surface area (Å²) in [6.07, 6.45) is 2.42. The van der Waals surface area contributed by atoms with Gasteiger partial charge in [0.1, 0.15) is 11.9 Å². The van der Waals surface area contributed by atoms with Gasteiger partial charge in [0.15, 0.2) is 11.5 Å². The van der Waals surface area contributed by atoms with Crippen molar-refractivity contribution in [2.75, 3.05) is 20.0 Å². The van der Waals surface area contributed by atoms with E-state index in [4.69, 9.17) is 18.9 Å². The zero-order valence-electron chi connectivity index (χ0n) is 15.1. The number of amides is 1. The van der Waals surface area contributed by atoms with Gasteiger partial charge >= 0.3 is 0 Å². The molecule has 1 saturated heterocycles. The minimum absolute atomic E-state index is 0.0589. The third-order valence-corrected chi connectivity index (χ3v) is 4.62. The van der Waals surface area contributed by atoms with Crippen molar-refractivity contribution in [1.29, 1.82) is 0 Å². The van der Waals surface area contributed by atoms with Crippen LogP contribution in [-0.4, -0.2) is 43.0 Å². The average molecular weight is 370 g/mol. The largest absolute Gasteiger partial charge is 0.484 e. The van der Waals surface area contributed by atoms with E-state index in [1.807, 2.05) is 37.3 Å². The number of aryl methyl sites for hydroxylation is 1. The molecule has 2 atom stereocenters. The highest BCUT2D eigenvalue weighted by molar-refractivity contribution is 5.79. The molecule has 142 valence electrons. The molecule has 4 rings (SSSR count). The molecule has 0 radical (unpaired) electrons. The van der Waals surface area contributed by atoms with Gasteiger partial charge in [-0.25, -0.2) is 0 Å². The number of benzene rings is 1. The topological polar surface area (TPSA) is 78.9 Å². The first-order valence-electron chi connectivity index (χ1n) is 9.02. The third-order valence-electron chi connectivity index (χ3n) is 4.62.